The first kappa shape index (κ1) is 25.5. The van der Waals surface area contributed by atoms with Gasteiger partial charge in [-0.1, -0.05) is 68.4 Å². The molecule has 2 N–H and O–H groups in total. The third-order valence-corrected chi connectivity index (χ3v) is 9.44. The predicted molar refractivity (Wildman–Crippen MR) is 143 cm³/mol. The van der Waals surface area contributed by atoms with Crippen molar-refractivity contribution in [3.63, 3.8) is 0 Å². The number of nitrogens with zero attached hydrogens (tertiary/aromatic N) is 2. The first-order valence-corrected chi connectivity index (χ1v) is 13.6. The average Bonchev–Trinajstić information content (AvgIpc) is 3.41. The molecule has 3 atom stereocenters. The number of piperidine rings is 1. The van der Waals surface area contributed by atoms with Gasteiger partial charge in [-0.05, 0) is 54.7 Å². The molecule has 1 spiro atoms. The quantitative estimate of drug-likeness (QED) is 0.654. The van der Waals surface area contributed by atoms with Crippen molar-refractivity contribution in [2.75, 3.05) is 26.7 Å². The molecule has 6 nitrogen and oxygen atoms in total. The lowest BCUT2D eigenvalue weighted by atomic mass is 9.68. The van der Waals surface area contributed by atoms with E-state index in [1.807, 2.05) is 35.0 Å². The van der Waals surface area contributed by atoms with Crippen LogP contribution in [-0.2, 0) is 27.2 Å². The molecule has 37 heavy (non-hydrogen) atoms. The lowest BCUT2D eigenvalue weighted by molar-refractivity contribution is -0.152. The molecule has 196 valence electrons. The SMILES string of the molecule is CN1CC(c2ccccc2)C2(CCCN(C(=O)[C@H](CC3Cc4ccccc4C3)C(C)(C)C(N)=O)C2)C1=O. The van der Waals surface area contributed by atoms with E-state index in [0.29, 0.717) is 32.0 Å². The highest BCUT2D eigenvalue weighted by Gasteiger charge is 2.56. The van der Waals surface area contributed by atoms with E-state index >= 15 is 0 Å². The van der Waals surface area contributed by atoms with Crippen LogP contribution in [0.15, 0.2) is 54.6 Å². The number of carbonyl (C=O) groups excluding carboxylic acids is 3. The zero-order chi connectivity index (χ0) is 26.4. The van der Waals surface area contributed by atoms with Gasteiger partial charge in [0.2, 0.25) is 17.7 Å². The van der Waals surface area contributed by atoms with Crippen LogP contribution in [0.2, 0.25) is 0 Å². The van der Waals surface area contributed by atoms with Crippen molar-refractivity contribution in [3.05, 3.63) is 71.3 Å². The van der Waals surface area contributed by atoms with E-state index in [1.54, 1.807) is 13.8 Å². The Labute approximate surface area is 220 Å². The third kappa shape index (κ3) is 4.45. The molecule has 0 saturated carbocycles. The minimum absolute atomic E-state index is 0.0343. The fourth-order valence-electron chi connectivity index (χ4n) is 7.15. The summed E-state index contributed by atoms with van der Waals surface area (Å²) in [4.78, 5) is 44.2. The summed E-state index contributed by atoms with van der Waals surface area (Å²) in [5.41, 5.74) is 8.08. The molecule has 6 heteroatoms. The maximum absolute atomic E-state index is 14.3. The number of nitrogens with two attached hydrogens (primary N) is 1. The van der Waals surface area contributed by atoms with Crippen LogP contribution < -0.4 is 5.73 Å². The molecule has 3 amide bonds. The van der Waals surface area contributed by atoms with Gasteiger partial charge in [-0.25, -0.2) is 0 Å². The highest BCUT2D eigenvalue weighted by molar-refractivity contribution is 5.91. The Morgan fingerprint density at radius 3 is 2.30 bits per heavy atom. The summed E-state index contributed by atoms with van der Waals surface area (Å²) in [5.74, 6) is -0.562. The summed E-state index contributed by atoms with van der Waals surface area (Å²) in [7, 11) is 1.87. The van der Waals surface area contributed by atoms with Crippen molar-refractivity contribution in [1.82, 2.24) is 9.80 Å². The number of primary amides is 1. The van der Waals surface area contributed by atoms with Crippen molar-refractivity contribution in [1.29, 1.82) is 0 Å². The van der Waals surface area contributed by atoms with Gasteiger partial charge >= 0.3 is 0 Å². The number of hydrogen-bond acceptors (Lipinski definition) is 3. The average molecular weight is 502 g/mol. The first-order valence-electron chi connectivity index (χ1n) is 13.6. The molecule has 0 aromatic heterocycles. The summed E-state index contributed by atoms with van der Waals surface area (Å²) in [6, 6.07) is 18.6. The molecule has 2 saturated heterocycles. The summed E-state index contributed by atoms with van der Waals surface area (Å²) < 4.78 is 0. The normalized spacial score (nSPS) is 24.9. The number of benzene rings is 2. The van der Waals surface area contributed by atoms with Crippen LogP contribution in [-0.4, -0.2) is 54.2 Å². The Morgan fingerprint density at radius 2 is 1.68 bits per heavy atom. The Balaban J connectivity index is 1.42. The van der Waals surface area contributed by atoms with E-state index in [1.165, 1.54) is 11.1 Å². The standard InChI is InChI=1S/C31H39N3O3/c1-30(2,28(32)36)25(18-21-16-23-12-7-8-13-24(23)17-21)27(35)34-15-9-14-31(20-34)26(19-33(3)29(31)37)22-10-5-4-6-11-22/h4-8,10-13,21,25-26H,9,14-20H2,1-3H3,(H2,32,36)/t25-,26?,31?/m0/s1. The molecule has 0 bridgehead atoms. The van der Waals surface area contributed by atoms with Crippen molar-refractivity contribution < 1.29 is 14.4 Å². The lowest BCUT2D eigenvalue weighted by Crippen LogP contribution is -2.55. The minimum atomic E-state index is -0.980. The van der Waals surface area contributed by atoms with E-state index in [9.17, 15) is 14.4 Å². The smallest absolute Gasteiger partial charge is 0.231 e. The molecule has 2 unspecified atom stereocenters. The Morgan fingerprint density at radius 1 is 1.05 bits per heavy atom. The van der Waals surface area contributed by atoms with Crippen LogP contribution in [0.25, 0.3) is 0 Å². The van der Waals surface area contributed by atoms with Crippen molar-refractivity contribution in [3.8, 4) is 0 Å². The molecular formula is C31H39N3O3. The van der Waals surface area contributed by atoms with E-state index in [-0.39, 0.29) is 17.7 Å². The van der Waals surface area contributed by atoms with Gasteiger partial charge in [-0.15, -0.1) is 0 Å². The number of rotatable bonds is 6. The topological polar surface area (TPSA) is 83.7 Å². The molecular weight excluding hydrogens is 462 g/mol. The molecule has 0 radical (unpaired) electrons. The number of likely N-dealkylation sites (N-methyl/N-ethyl adjacent to an activating group) is 1. The van der Waals surface area contributed by atoms with Crippen LogP contribution in [0.5, 0.6) is 0 Å². The van der Waals surface area contributed by atoms with Gasteiger partial charge in [0.05, 0.1) is 16.7 Å². The predicted octanol–water partition coefficient (Wildman–Crippen LogP) is 3.78. The van der Waals surface area contributed by atoms with Crippen LogP contribution in [0, 0.1) is 22.7 Å². The zero-order valence-electron chi connectivity index (χ0n) is 22.3. The first-order chi connectivity index (χ1) is 17.6. The van der Waals surface area contributed by atoms with E-state index in [4.69, 9.17) is 5.73 Å². The van der Waals surface area contributed by atoms with E-state index in [0.717, 1.165) is 31.2 Å². The van der Waals surface area contributed by atoms with Crippen molar-refractivity contribution in [2.24, 2.45) is 28.4 Å². The summed E-state index contributed by atoms with van der Waals surface area (Å²) in [6.45, 7) is 5.27. The molecule has 2 aromatic carbocycles. The molecule has 1 aliphatic carbocycles. The maximum atomic E-state index is 14.3. The second-order valence-corrected chi connectivity index (χ2v) is 12.1. The molecule has 3 aliphatic rings. The Bertz CT molecular complexity index is 1170. The second kappa shape index (κ2) is 9.62. The van der Waals surface area contributed by atoms with Crippen LogP contribution >= 0.6 is 0 Å². The van der Waals surface area contributed by atoms with Crippen molar-refractivity contribution in [2.45, 2.75) is 51.9 Å². The van der Waals surface area contributed by atoms with E-state index < -0.39 is 22.7 Å². The van der Waals surface area contributed by atoms with Gasteiger partial charge in [0, 0.05) is 32.6 Å². The number of carbonyl (C=O) groups is 3. The molecule has 2 aromatic rings. The van der Waals surface area contributed by atoms with Gasteiger partial charge < -0.3 is 15.5 Å². The highest BCUT2D eigenvalue weighted by Crippen LogP contribution is 2.50. The Kier molecular flexibility index (Phi) is 6.63. The fourth-order valence-corrected chi connectivity index (χ4v) is 7.15. The number of fused-ring (bicyclic) bond motifs is 1. The van der Waals surface area contributed by atoms with Crippen LogP contribution in [0.4, 0.5) is 0 Å². The summed E-state index contributed by atoms with van der Waals surface area (Å²) in [6.07, 6.45) is 3.98. The number of amides is 3. The number of likely N-dealkylation sites (tertiary alicyclic amines) is 2. The van der Waals surface area contributed by atoms with Crippen molar-refractivity contribution >= 4 is 17.7 Å². The van der Waals surface area contributed by atoms with Gasteiger partial charge in [-0.2, -0.15) is 0 Å². The number of hydrogen-bond donors (Lipinski definition) is 1. The lowest BCUT2D eigenvalue weighted by Gasteiger charge is -2.45. The third-order valence-electron chi connectivity index (χ3n) is 9.44. The monoisotopic (exact) mass is 501 g/mol. The molecule has 2 heterocycles. The minimum Gasteiger partial charge on any atom is -0.369 e. The highest BCUT2D eigenvalue weighted by atomic mass is 16.2. The zero-order valence-corrected chi connectivity index (χ0v) is 22.3. The van der Waals surface area contributed by atoms with E-state index in [2.05, 4.69) is 36.4 Å². The molecule has 5 rings (SSSR count). The van der Waals surface area contributed by atoms with Gasteiger partial charge in [0.1, 0.15) is 0 Å². The molecule has 2 aliphatic heterocycles. The summed E-state index contributed by atoms with van der Waals surface area (Å²) in [5, 5.41) is 0. The maximum Gasteiger partial charge on any atom is 0.231 e. The van der Waals surface area contributed by atoms with Gasteiger partial charge in [-0.3, -0.25) is 14.4 Å². The second-order valence-electron chi connectivity index (χ2n) is 12.1. The molecule has 2 fully saturated rings. The Hall–Kier alpha value is -3.15. The van der Waals surface area contributed by atoms with Gasteiger partial charge in [0.25, 0.3) is 0 Å². The fraction of sp³-hybridized carbons (Fsp3) is 0.516. The largest absolute Gasteiger partial charge is 0.369 e. The summed E-state index contributed by atoms with van der Waals surface area (Å²) >= 11 is 0. The van der Waals surface area contributed by atoms with Gasteiger partial charge in [0.15, 0.2) is 0 Å². The van der Waals surface area contributed by atoms with Crippen LogP contribution in [0.1, 0.15) is 55.7 Å². The van der Waals surface area contributed by atoms with Crippen LogP contribution in [0.3, 0.4) is 0 Å².